The van der Waals surface area contributed by atoms with Crippen LogP contribution in [0.5, 0.6) is 0 Å². The molecule has 1 aromatic carbocycles. The van der Waals surface area contributed by atoms with Gasteiger partial charge >= 0.3 is 0 Å². The van der Waals surface area contributed by atoms with Crippen LogP contribution < -0.4 is 0 Å². The van der Waals surface area contributed by atoms with Crippen molar-refractivity contribution in [3.8, 4) is 11.8 Å². The van der Waals surface area contributed by atoms with E-state index in [2.05, 4.69) is 29.0 Å². The Morgan fingerprint density at radius 1 is 1.28 bits per heavy atom. The first kappa shape index (κ1) is 12.6. The number of aryl methyl sites for hydroxylation is 1. The molecule has 0 N–H and O–H groups in total. The minimum absolute atomic E-state index is 0.767. The molecule has 2 heteroatoms. The molecule has 0 aliphatic rings. The van der Waals surface area contributed by atoms with Gasteiger partial charge in [0.25, 0.3) is 0 Å². The second-order valence-electron chi connectivity index (χ2n) is 4.21. The molecule has 0 aliphatic carbocycles. The Morgan fingerprint density at radius 3 is 2.94 bits per heavy atom. The fourth-order valence-electron chi connectivity index (χ4n) is 1.80. The van der Waals surface area contributed by atoms with E-state index in [1.807, 2.05) is 25.1 Å². The summed E-state index contributed by atoms with van der Waals surface area (Å²) in [5.74, 6) is 6.37. The number of rotatable bonds is 3. The predicted octanol–water partition coefficient (Wildman–Crippen LogP) is 3.32. The van der Waals surface area contributed by atoms with E-state index in [0.29, 0.717) is 0 Å². The first-order valence-electron chi connectivity index (χ1n) is 6.15. The highest BCUT2D eigenvalue weighted by Gasteiger charge is 1.99. The fraction of sp³-hybridized carbons (Fsp3) is 0.312. The van der Waals surface area contributed by atoms with Gasteiger partial charge in [0.1, 0.15) is 0 Å². The van der Waals surface area contributed by atoms with Crippen LogP contribution >= 0.6 is 0 Å². The highest BCUT2D eigenvalue weighted by atomic mass is 16.5. The van der Waals surface area contributed by atoms with Gasteiger partial charge in [0, 0.05) is 31.1 Å². The fourth-order valence-corrected chi connectivity index (χ4v) is 1.80. The van der Waals surface area contributed by atoms with E-state index < -0.39 is 0 Å². The van der Waals surface area contributed by atoms with Crippen LogP contribution in [0.15, 0.2) is 30.3 Å². The van der Waals surface area contributed by atoms with Crippen LogP contribution in [0, 0.1) is 18.8 Å². The van der Waals surface area contributed by atoms with Crippen molar-refractivity contribution in [1.82, 2.24) is 4.98 Å². The maximum absolute atomic E-state index is 5.00. The third-order valence-electron chi connectivity index (χ3n) is 2.79. The molecule has 18 heavy (non-hydrogen) atoms. The van der Waals surface area contributed by atoms with Gasteiger partial charge in [0.05, 0.1) is 11.2 Å². The zero-order chi connectivity index (χ0) is 12.8. The number of unbranched alkanes of at least 4 members (excludes halogenated alkanes) is 1. The van der Waals surface area contributed by atoms with Crippen LogP contribution in [0.4, 0.5) is 0 Å². The third-order valence-corrected chi connectivity index (χ3v) is 2.79. The molecule has 0 saturated heterocycles. The Bertz CT molecular complexity index is 593. The highest BCUT2D eigenvalue weighted by molar-refractivity contribution is 5.80. The van der Waals surface area contributed by atoms with Gasteiger partial charge in [-0.15, -0.1) is 0 Å². The Hall–Kier alpha value is -1.85. The Balaban J connectivity index is 2.20. The van der Waals surface area contributed by atoms with Crippen molar-refractivity contribution in [3.05, 3.63) is 41.6 Å². The molecule has 1 aromatic heterocycles. The van der Waals surface area contributed by atoms with Crippen molar-refractivity contribution in [1.29, 1.82) is 0 Å². The number of benzene rings is 1. The van der Waals surface area contributed by atoms with E-state index in [-0.39, 0.29) is 0 Å². The molecule has 2 nitrogen and oxygen atoms in total. The number of fused-ring (bicyclic) bond motifs is 1. The molecule has 0 bridgehead atoms. The molecule has 0 aliphatic heterocycles. The summed E-state index contributed by atoms with van der Waals surface area (Å²) < 4.78 is 5.00. The quantitative estimate of drug-likeness (QED) is 0.605. The molecular weight excluding hydrogens is 222 g/mol. The van der Waals surface area contributed by atoms with E-state index >= 15 is 0 Å². The number of methoxy groups -OCH3 is 1. The van der Waals surface area contributed by atoms with Crippen molar-refractivity contribution in [3.63, 3.8) is 0 Å². The van der Waals surface area contributed by atoms with E-state index in [9.17, 15) is 0 Å². The number of hydrogen-bond donors (Lipinski definition) is 0. The largest absolute Gasteiger partial charge is 0.385 e. The van der Waals surface area contributed by atoms with Crippen LogP contribution in [-0.4, -0.2) is 18.7 Å². The topological polar surface area (TPSA) is 22.1 Å². The Labute approximate surface area is 108 Å². The summed E-state index contributed by atoms with van der Waals surface area (Å²) in [4.78, 5) is 4.56. The number of ether oxygens (including phenoxy) is 1. The smallest absolute Gasteiger partial charge is 0.0706 e. The summed E-state index contributed by atoms with van der Waals surface area (Å²) in [5.41, 5.74) is 3.04. The average Bonchev–Trinajstić information content (AvgIpc) is 2.39. The maximum Gasteiger partial charge on any atom is 0.0706 e. The van der Waals surface area contributed by atoms with Gasteiger partial charge in [-0.2, -0.15) is 0 Å². The van der Waals surface area contributed by atoms with Gasteiger partial charge in [-0.3, -0.25) is 4.98 Å². The SMILES string of the molecule is COCCCC#Cc1cc2ccccc2nc1C. The predicted molar refractivity (Wildman–Crippen MR) is 74.5 cm³/mol. The lowest BCUT2D eigenvalue weighted by molar-refractivity contribution is 0.196. The van der Waals surface area contributed by atoms with Gasteiger partial charge in [-0.05, 0) is 25.5 Å². The standard InChI is InChI=1S/C16H17NO/c1-13-14(8-4-3-7-11-18-2)12-15-9-5-6-10-16(15)17-13/h5-6,9-10,12H,3,7,11H2,1-2H3. The van der Waals surface area contributed by atoms with Gasteiger partial charge in [-0.25, -0.2) is 0 Å². The molecule has 0 atom stereocenters. The number of aromatic nitrogens is 1. The number of pyridine rings is 1. The van der Waals surface area contributed by atoms with E-state index in [0.717, 1.165) is 41.6 Å². The molecule has 0 unspecified atom stereocenters. The van der Waals surface area contributed by atoms with Crippen molar-refractivity contribution >= 4 is 10.9 Å². The zero-order valence-corrected chi connectivity index (χ0v) is 10.9. The molecule has 0 radical (unpaired) electrons. The number of para-hydroxylation sites is 1. The molecule has 0 amide bonds. The van der Waals surface area contributed by atoms with Gasteiger partial charge in [0.2, 0.25) is 0 Å². The van der Waals surface area contributed by atoms with E-state index in [1.54, 1.807) is 7.11 Å². The van der Waals surface area contributed by atoms with Crippen LogP contribution in [0.1, 0.15) is 24.1 Å². The van der Waals surface area contributed by atoms with Crippen molar-refractivity contribution < 1.29 is 4.74 Å². The van der Waals surface area contributed by atoms with Crippen LogP contribution in [-0.2, 0) is 4.74 Å². The van der Waals surface area contributed by atoms with Crippen LogP contribution in [0.3, 0.4) is 0 Å². The summed E-state index contributed by atoms with van der Waals surface area (Å²) in [7, 11) is 1.71. The van der Waals surface area contributed by atoms with Gasteiger partial charge in [0.15, 0.2) is 0 Å². The first-order chi connectivity index (χ1) is 8.81. The summed E-state index contributed by atoms with van der Waals surface area (Å²) in [6.07, 6.45) is 1.84. The molecular formula is C16H17NO. The monoisotopic (exact) mass is 239 g/mol. The second kappa shape index (κ2) is 6.18. The normalized spacial score (nSPS) is 10.1. The molecule has 0 fully saturated rings. The molecule has 2 rings (SSSR count). The third kappa shape index (κ3) is 3.09. The van der Waals surface area contributed by atoms with E-state index in [1.165, 1.54) is 0 Å². The Kier molecular flexibility index (Phi) is 4.33. The van der Waals surface area contributed by atoms with Crippen molar-refractivity contribution in [2.75, 3.05) is 13.7 Å². The summed E-state index contributed by atoms with van der Waals surface area (Å²) >= 11 is 0. The number of hydrogen-bond acceptors (Lipinski definition) is 2. The first-order valence-corrected chi connectivity index (χ1v) is 6.15. The molecule has 1 heterocycles. The van der Waals surface area contributed by atoms with Crippen molar-refractivity contribution in [2.45, 2.75) is 19.8 Å². The molecule has 2 aromatic rings. The van der Waals surface area contributed by atoms with Gasteiger partial charge in [-0.1, -0.05) is 30.0 Å². The molecule has 92 valence electrons. The molecule has 0 spiro atoms. The number of nitrogens with zero attached hydrogens (tertiary/aromatic N) is 1. The minimum Gasteiger partial charge on any atom is -0.385 e. The summed E-state index contributed by atoms with van der Waals surface area (Å²) in [6.45, 7) is 2.77. The summed E-state index contributed by atoms with van der Waals surface area (Å²) in [5, 5.41) is 1.14. The average molecular weight is 239 g/mol. The lowest BCUT2D eigenvalue weighted by Gasteiger charge is -2.01. The second-order valence-corrected chi connectivity index (χ2v) is 4.21. The lowest BCUT2D eigenvalue weighted by atomic mass is 10.1. The van der Waals surface area contributed by atoms with Crippen molar-refractivity contribution in [2.24, 2.45) is 0 Å². The van der Waals surface area contributed by atoms with Crippen LogP contribution in [0.25, 0.3) is 10.9 Å². The lowest BCUT2D eigenvalue weighted by Crippen LogP contribution is -1.89. The maximum atomic E-state index is 5.00. The summed E-state index contributed by atoms with van der Waals surface area (Å²) in [6, 6.07) is 10.2. The molecule has 0 saturated carbocycles. The van der Waals surface area contributed by atoms with E-state index in [4.69, 9.17) is 4.74 Å². The van der Waals surface area contributed by atoms with Crippen LogP contribution in [0.2, 0.25) is 0 Å². The zero-order valence-electron chi connectivity index (χ0n) is 10.9. The highest BCUT2D eigenvalue weighted by Crippen LogP contribution is 2.15. The Morgan fingerprint density at radius 2 is 2.11 bits per heavy atom. The van der Waals surface area contributed by atoms with Gasteiger partial charge < -0.3 is 4.74 Å². The minimum atomic E-state index is 0.767.